The van der Waals surface area contributed by atoms with Gasteiger partial charge < -0.3 is 19.7 Å². The second kappa shape index (κ2) is 10.3. The number of nitrogens with zero attached hydrogens (tertiary/aromatic N) is 1. The summed E-state index contributed by atoms with van der Waals surface area (Å²) in [6.07, 6.45) is 0. The fourth-order valence-corrected chi connectivity index (χ4v) is 2.64. The molecule has 0 saturated heterocycles. The van der Waals surface area contributed by atoms with Crippen molar-refractivity contribution < 1.29 is 23.9 Å². The number of carbonyl (C=O) groups is 3. The Morgan fingerprint density at radius 1 is 0.897 bits per heavy atom. The van der Waals surface area contributed by atoms with Crippen molar-refractivity contribution >= 4 is 23.5 Å². The summed E-state index contributed by atoms with van der Waals surface area (Å²) < 4.78 is 10.3. The van der Waals surface area contributed by atoms with Crippen LogP contribution >= 0.6 is 0 Å². The molecule has 0 aliphatic rings. The van der Waals surface area contributed by atoms with Gasteiger partial charge in [-0.1, -0.05) is 36.4 Å². The van der Waals surface area contributed by atoms with Crippen molar-refractivity contribution in [2.24, 2.45) is 0 Å². The summed E-state index contributed by atoms with van der Waals surface area (Å²) in [5.74, 6) is -0.885. The third kappa shape index (κ3) is 6.64. The van der Waals surface area contributed by atoms with E-state index >= 15 is 0 Å². The van der Waals surface area contributed by atoms with Crippen molar-refractivity contribution in [3.63, 3.8) is 0 Å². The molecule has 2 aromatic carbocycles. The first-order valence-corrected chi connectivity index (χ1v) is 9.22. The van der Waals surface area contributed by atoms with Gasteiger partial charge in [-0.3, -0.25) is 9.59 Å². The molecule has 0 fully saturated rings. The molecule has 7 heteroatoms. The fraction of sp³-hybridized carbons (Fsp3) is 0.318. The first kappa shape index (κ1) is 21.9. The van der Waals surface area contributed by atoms with Gasteiger partial charge in [0.1, 0.15) is 5.75 Å². The van der Waals surface area contributed by atoms with E-state index in [1.807, 2.05) is 51.1 Å². The molecule has 29 heavy (non-hydrogen) atoms. The molecule has 2 amide bonds. The van der Waals surface area contributed by atoms with Gasteiger partial charge in [-0.25, -0.2) is 4.79 Å². The standard InChI is InChI=1S/C22H26N2O5/c1-15-8-5-6-11-18(15)28-14-21(27)29-13-20(26)24(4)12-19(25)23-22-16(2)9-7-10-17(22)3/h5-11H,12-14H2,1-4H3,(H,23,25). The van der Waals surface area contributed by atoms with Crippen LogP contribution in [0.25, 0.3) is 0 Å². The quantitative estimate of drug-likeness (QED) is 0.691. The normalized spacial score (nSPS) is 10.2. The molecule has 0 radical (unpaired) electrons. The van der Waals surface area contributed by atoms with Crippen LogP contribution < -0.4 is 10.1 Å². The molecule has 0 saturated carbocycles. The Labute approximate surface area is 170 Å². The number of anilines is 1. The van der Waals surface area contributed by atoms with Crippen LogP contribution in [0.15, 0.2) is 42.5 Å². The maximum Gasteiger partial charge on any atom is 0.344 e. The maximum absolute atomic E-state index is 12.2. The number of esters is 1. The average molecular weight is 398 g/mol. The summed E-state index contributed by atoms with van der Waals surface area (Å²) in [7, 11) is 1.48. The Morgan fingerprint density at radius 3 is 2.17 bits per heavy atom. The second-order valence-corrected chi connectivity index (χ2v) is 6.78. The first-order chi connectivity index (χ1) is 13.8. The Morgan fingerprint density at radius 2 is 1.52 bits per heavy atom. The minimum atomic E-state index is -0.657. The Bertz CT molecular complexity index is 874. The van der Waals surface area contributed by atoms with Crippen LogP contribution in [0.4, 0.5) is 5.69 Å². The summed E-state index contributed by atoms with van der Waals surface area (Å²) in [5.41, 5.74) is 3.51. The molecule has 0 atom stereocenters. The topological polar surface area (TPSA) is 84.9 Å². The van der Waals surface area contributed by atoms with E-state index in [2.05, 4.69) is 5.32 Å². The van der Waals surface area contributed by atoms with Crippen LogP contribution in [0.3, 0.4) is 0 Å². The van der Waals surface area contributed by atoms with Crippen molar-refractivity contribution in [1.29, 1.82) is 0 Å². The zero-order valence-corrected chi connectivity index (χ0v) is 17.2. The molecular formula is C22H26N2O5. The van der Waals surface area contributed by atoms with E-state index in [1.165, 1.54) is 11.9 Å². The van der Waals surface area contributed by atoms with Crippen LogP contribution in [-0.4, -0.2) is 49.5 Å². The minimum absolute atomic E-state index is 0.149. The number of benzene rings is 2. The molecule has 7 nitrogen and oxygen atoms in total. The van der Waals surface area contributed by atoms with Gasteiger partial charge in [0.25, 0.3) is 5.91 Å². The van der Waals surface area contributed by atoms with E-state index in [0.717, 1.165) is 22.4 Å². The highest BCUT2D eigenvalue weighted by Gasteiger charge is 2.16. The highest BCUT2D eigenvalue weighted by molar-refractivity contribution is 5.96. The van der Waals surface area contributed by atoms with Gasteiger partial charge >= 0.3 is 5.97 Å². The van der Waals surface area contributed by atoms with Crippen LogP contribution in [0, 0.1) is 20.8 Å². The SMILES string of the molecule is Cc1ccccc1OCC(=O)OCC(=O)N(C)CC(=O)Nc1c(C)cccc1C. The number of hydrogen-bond acceptors (Lipinski definition) is 5. The molecule has 0 aliphatic heterocycles. The summed E-state index contributed by atoms with van der Waals surface area (Å²) in [6.45, 7) is 4.76. The van der Waals surface area contributed by atoms with E-state index in [-0.39, 0.29) is 19.1 Å². The van der Waals surface area contributed by atoms with Gasteiger partial charge in [-0.2, -0.15) is 0 Å². The maximum atomic E-state index is 12.2. The lowest BCUT2D eigenvalue weighted by Crippen LogP contribution is -2.38. The van der Waals surface area contributed by atoms with Crippen LogP contribution in [0.5, 0.6) is 5.75 Å². The van der Waals surface area contributed by atoms with Crippen molar-refractivity contribution in [3.05, 3.63) is 59.2 Å². The number of aryl methyl sites for hydroxylation is 3. The third-order valence-electron chi connectivity index (χ3n) is 4.35. The van der Waals surface area contributed by atoms with E-state index < -0.39 is 18.5 Å². The Balaban J connectivity index is 1.76. The van der Waals surface area contributed by atoms with Gasteiger partial charge in [-0.15, -0.1) is 0 Å². The van der Waals surface area contributed by atoms with Crippen molar-refractivity contribution in [2.45, 2.75) is 20.8 Å². The summed E-state index contributed by atoms with van der Waals surface area (Å²) in [4.78, 5) is 37.4. The molecule has 0 aliphatic carbocycles. The second-order valence-electron chi connectivity index (χ2n) is 6.78. The van der Waals surface area contributed by atoms with Crippen LogP contribution in [-0.2, 0) is 19.1 Å². The van der Waals surface area contributed by atoms with Gasteiger partial charge in [0.15, 0.2) is 13.2 Å². The molecule has 0 heterocycles. The lowest BCUT2D eigenvalue weighted by Gasteiger charge is -2.18. The van der Waals surface area contributed by atoms with E-state index in [4.69, 9.17) is 9.47 Å². The van der Waals surface area contributed by atoms with E-state index in [0.29, 0.717) is 5.75 Å². The molecule has 0 spiro atoms. The summed E-state index contributed by atoms with van der Waals surface area (Å²) >= 11 is 0. The number of para-hydroxylation sites is 2. The molecule has 0 unspecified atom stereocenters. The number of amides is 2. The monoisotopic (exact) mass is 398 g/mol. The number of rotatable bonds is 8. The van der Waals surface area contributed by atoms with Gasteiger partial charge in [-0.05, 0) is 43.5 Å². The lowest BCUT2D eigenvalue weighted by atomic mass is 10.1. The molecule has 2 aromatic rings. The van der Waals surface area contributed by atoms with Gasteiger partial charge in [0.05, 0.1) is 6.54 Å². The third-order valence-corrected chi connectivity index (χ3v) is 4.35. The van der Waals surface area contributed by atoms with Crippen molar-refractivity contribution in [1.82, 2.24) is 4.90 Å². The number of likely N-dealkylation sites (N-methyl/N-ethyl adjacent to an activating group) is 1. The molecule has 1 N–H and O–H groups in total. The Hall–Kier alpha value is -3.35. The molecule has 0 aromatic heterocycles. The largest absolute Gasteiger partial charge is 0.482 e. The van der Waals surface area contributed by atoms with Crippen molar-refractivity contribution in [3.8, 4) is 5.75 Å². The minimum Gasteiger partial charge on any atom is -0.482 e. The zero-order chi connectivity index (χ0) is 21.4. The predicted molar refractivity (Wildman–Crippen MR) is 110 cm³/mol. The first-order valence-electron chi connectivity index (χ1n) is 9.22. The smallest absolute Gasteiger partial charge is 0.344 e. The lowest BCUT2D eigenvalue weighted by molar-refractivity contribution is -0.153. The summed E-state index contributed by atoms with van der Waals surface area (Å²) in [5, 5.41) is 2.81. The highest BCUT2D eigenvalue weighted by Crippen LogP contribution is 2.19. The summed E-state index contributed by atoms with van der Waals surface area (Å²) in [6, 6.07) is 13.0. The fourth-order valence-electron chi connectivity index (χ4n) is 2.64. The van der Waals surface area contributed by atoms with Gasteiger partial charge in [0, 0.05) is 12.7 Å². The highest BCUT2D eigenvalue weighted by atomic mass is 16.6. The van der Waals surface area contributed by atoms with Gasteiger partial charge in [0.2, 0.25) is 5.91 Å². The van der Waals surface area contributed by atoms with E-state index in [9.17, 15) is 14.4 Å². The molecular weight excluding hydrogens is 372 g/mol. The van der Waals surface area contributed by atoms with Crippen LogP contribution in [0.1, 0.15) is 16.7 Å². The predicted octanol–water partition coefficient (Wildman–Crippen LogP) is 2.63. The number of hydrogen-bond donors (Lipinski definition) is 1. The number of ether oxygens (including phenoxy) is 2. The average Bonchev–Trinajstić information content (AvgIpc) is 2.68. The number of carbonyl (C=O) groups excluding carboxylic acids is 3. The van der Waals surface area contributed by atoms with Crippen LogP contribution in [0.2, 0.25) is 0 Å². The molecule has 154 valence electrons. The van der Waals surface area contributed by atoms with E-state index in [1.54, 1.807) is 12.1 Å². The molecule has 2 rings (SSSR count). The zero-order valence-electron chi connectivity index (χ0n) is 17.2. The van der Waals surface area contributed by atoms with Crippen molar-refractivity contribution in [2.75, 3.05) is 32.1 Å². The number of nitrogens with one attached hydrogen (secondary N) is 1. The molecule has 0 bridgehead atoms. The Kier molecular flexibility index (Phi) is 7.77.